The Morgan fingerprint density at radius 1 is 1.18 bits per heavy atom. The molecule has 0 aliphatic rings. The first-order valence-corrected chi connectivity index (χ1v) is 11.8. The minimum absolute atomic E-state index is 0.0791. The molecule has 0 bridgehead atoms. The van der Waals surface area contributed by atoms with Crippen molar-refractivity contribution < 1.29 is 22.8 Å². The van der Waals surface area contributed by atoms with Crippen molar-refractivity contribution >= 4 is 46.2 Å². The molecule has 0 spiro atoms. The van der Waals surface area contributed by atoms with Crippen LogP contribution in [0.5, 0.6) is 5.75 Å². The molecule has 1 N–H and O–H groups in total. The fraction of sp³-hybridized carbons (Fsp3) is 0.211. The number of rotatable bonds is 8. The summed E-state index contributed by atoms with van der Waals surface area (Å²) < 4.78 is 41.2. The predicted molar refractivity (Wildman–Crippen MR) is 111 cm³/mol. The lowest BCUT2D eigenvalue weighted by Crippen LogP contribution is -2.01. The number of aromatic nitrogens is 1. The number of benzene rings is 2. The average Bonchev–Trinajstić information content (AvgIpc) is 2.67. The second kappa shape index (κ2) is 9.35. The highest BCUT2D eigenvalue weighted by Gasteiger charge is 2.34. The maximum absolute atomic E-state index is 12.5. The van der Waals surface area contributed by atoms with Crippen LogP contribution in [0, 0.1) is 0 Å². The normalized spacial score (nSPS) is 13.6. The fourth-order valence-electron chi connectivity index (χ4n) is 2.54. The Labute approximate surface area is 174 Å². The summed E-state index contributed by atoms with van der Waals surface area (Å²) in [5, 5.41) is 2.08. The van der Waals surface area contributed by atoms with E-state index in [1.807, 2.05) is 30.3 Å². The van der Waals surface area contributed by atoms with Crippen molar-refractivity contribution in [1.82, 2.24) is 4.98 Å². The van der Waals surface area contributed by atoms with E-state index in [1.165, 1.54) is 6.07 Å². The lowest BCUT2D eigenvalue weighted by atomic mass is 10.1. The van der Waals surface area contributed by atoms with E-state index in [0.29, 0.717) is 4.47 Å². The molecular weight excluding hydrogens is 471 g/mol. The lowest BCUT2D eigenvalue weighted by molar-refractivity contribution is 0.188. The molecule has 2 aromatic carbocycles. The van der Waals surface area contributed by atoms with Crippen LogP contribution in [0.3, 0.4) is 0 Å². The number of thioether (sulfide) groups is 1. The Morgan fingerprint density at radius 3 is 2.71 bits per heavy atom. The fourth-order valence-corrected chi connectivity index (χ4v) is 4.51. The summed E-state index contributed by atoms with van der Waals surface area (Å²) in [5.41, 5.74) is 1.94. The van der Waals surface area contributed by atoms with Gasteiger partial charge in [0.1, 0.15) is 5.75 Å². The summed E-state index contributed by atoms with van der Waals surface area (Å²) in [4.78, 5) is 13.8. The summed E-state index contributed by atoms with van der Waals surface area (Å²) in [5.74, 6) is 0.794. The average molecular weight is 488 g/mol. The minimum atomic E-state index is -4.98. The summed E-state index contributed by atoms with van der Waals surface area (Å²) in [7, 11) is -4.98. The zero-order valence-corrected chi connectivity index (χ0v) is 17.9. The topological polar surface area (TPSA) is 59.4 Å². The summed E-state index contributed by atoms with van der Waals surface area (Å²) >= 11 is 4.87. The van der Waals surface area contributed by atoms with Crippen LogP contribution in [0.15, 0.2) is 64.1 Å². The van der Waals surface area contributed by atoms with Crippen LogP contribution in [0.25, 0.3) is 10.9 Å². The minimum Gasteiger partial charge on any atom is -0.420 e. The smallest absolute Gasteiger partial charge is 0.420 e. The van der Waals surface area contributed by atoms with Gasteiger partial charge in [0.2, 0.25) is 0 Å². The third kappa shape index (κ3) is 5.54. The molecule has 1 atom stereocenters. The maximum Gasteiger partial charge on any atom is 0.442 e. The number of pyridine rings is 1. The highest BCUT2D eigenvalue weighted by Crippen LogP contribution is 2.50. The molecule has 3 aromatic rings. The van der Waals surface area contributed by atoms with Crippen molar-refractivity contribution in [3.8, 4) is 5.75 Å². The van der Waals surface area contributed by atoms with Gasteiger partial charge in [-0.1, -0.05) is 30.3 Å². The van der Waals surface area contributed by atoms with Crippen LogP contribution in [0.2, 0.25) is 0 Å². The zero-order valence-electron chi connectivity index (χ0n) is 14.6. The van der Waals surface area contributed by atoms with Gasteiger partial charge < -0.3 is 9.42 Å². The van der Waals surface area contributed by atoms with Gasteiger partial charge in [-0.05, 0) is 64.4 Å². The Bertz CT molecular complexity index is 1020. The Balaban J connectivity index is 1.53. The monoisotopic (exact) mass is 487 g/mol. The van der Waals surface area contributed by atoms with Crippen LogP contribution in [0.4, 0.5) is 8.78 Å². The van der Waals surface area contributed by atoms with Gasteiger partial charge in [-0.15, -0.1) is 11.8 Å². The largest absolute Gasteiger partial charge is 0.442 e. The molecule has 0 saturated carbocycles. The molecule has 1 heterocycles. The number of fused-ring (bicyclic) bond motifs is 1. The third-order valence-electron chi connectivity index (χ3n) is 3.90. The molecule has 0 amide bonds. The summed E-state index contributed by atoms with van der Waals surface area (Å²) in [6, 6.07) is 16.8. The number of alkyl halides is 2. The molecular formula is C19H17BrF2NO3PS. The van der Waals surface area contributed by atoms with E-state index in [2.05, 4.69) is 31.5 Å². The predicted octanol–water partition coefficient (Wildman–Crippen LogP) is 6.51. The van der Waals surface area contributed by atoms with E-state index in [-0.39, 0.29) is 5.75 Å². The van der Waals surface area contributed by atoms with Crippen molar-refractivity contribution in [1.29, 1.82) is 0 Å². The van der Waals surface area contributed by atoms with Crippen molar-refractivity contribution in [3.05, 3.63) is 64.6 Å². The van der Waals surface area contributed by atoms with Crippen LogP contribution in [0.1, 0.15) is 12.0 Å². The van der Waals surface area contributed by atoms with E-state index >= 15 is 0 Å². The Morgan fingerprint density at radius 2 is 1.96 bits per heavy atom. The van der Waals surface area contributed by atoms with Gasteiger partial charge in [-0.25, -0.2) is 9.55 Å². The Kier molecular flexibility index (Phi) is 7.10. The number of hydrogen-bond acceptors (Lipinski definition) is 4. The third-order valence-corrected chi connectivity index (χ3v) is 6.49. The molecule has 0 aliphatic heterocycles. The van der Waals surface area contributed by atoms with E-state index in [9.17, 15) is 13.3 Å². The number of aryl methyl sites for hydroxylation is 1. The van der Waals surface area contributed by atoms with E-state index in [4.69, 9.17) is 4.89 Å². The standard InChI is InChI=1S/C19H17BrF2NO3PS/c20-15-12-13(7-9-17(15)26-27(24,25)19(21)22)4-3-11-28-18-10-8-14-5-1-2-6-16(14)23-18/h1-2,5-10,12,19H,3-4,11H2,(H,24,25). The summed E-state index contributed by atoms with van der Waals surface area (Å²) in [6.45, 7) is 0. The zero-order chi connectivity index (χ0) is 20.1. The van der Waals surface area contributed by atoms with E-state index in [0.717, 1.165) is 40.1 Å². The summed E-state index contributed by atoms with van der Waals surface area (Å²) in [6.07, 6.45) is -1.79. The molecule has 3 rings (SSSR count). The molecule has 148 valence electrons. The molecule has 0 aliphatic carbocycles. The number of para-hydroxylation sites is 1. The van der Waals surface area contributed by atoms with Gasteiger partial charge in [-0.3, -0.25) is 0 Å². The van der Waals surface area contributed by atoms with E-state index in [1.54, 1.807) is 23.9 Å². The number of nitrogens with zero attached hydrogens (tertiary/aromatic N) is 1. The Hall–Kier alpha value is -1.47. The molecule has 28 heavy (non-hydrogen) atoms. The SMILES string of the molecule is O=P(O)(Oc1ccc(CCCSc2ccc3ccccc3n2)cc1Br)C(F)F. The first-order valence-electron chi connectivity index (χ1n) is 8.42. The second-order valence-electron chi connectivity index (χ2n) is 5.99. The van der Waals surface area contributed by atoms with Gasteiger partial charge in [-0.2, -0.15) is 8.78 Å². The van der Waals surface area contributed by atoms with E-state index < -0.39 is 13.8 Å². The molecule has 1 aromatic heterocycles. The highest BCUT2D eigenvalue weighted by atomic mass is 79.9. The van der Waals surface area contributed by atoms with Gasteiger partial charge in [0, 0.05) is 5.39 Å². The lowest BCUT2D eigenvalue weighted by Gasteiger charge is -2.14. The van der Waals surface area contributed by atoms with Crippen LogP contribution in [-0.4, -0.2) is 21.8 Å². The number of hydrogen-bond donors (Lipinski definition) is 1. The molecule has 0 saturated heterocycles. The molecule has 9 heteroatoms. The quantitative estimate of drug-likeness (QED) is 0.223. The van der Waals surface area contributed by atoms with Gasteiger partial charge in [0.05, 0.1) is 15.0 Å². The highest BCUT2D eigenvalue weighted by molar-refractivity contribution is 9.10. The first-order chi connectivity index (χ1) is 13.3. The van der Waals surface area contributed by atoms with Gasteiger partial charge >= 0.3 is 13.8 Å². The van der Waals surface area contributed by atoms with Gasteiger partial charge in [0.25, 0.3) is 0 Å². The molecule has 0 fully saturated rings. The second-order valence-corrected chi connectivity index (χ2v) is 9.66. The van der Waals surface area contributed by atoms with Gasteiger partial charge in [0.15, 0.2) is 0 Å². The van der Waals surface area contributed by atoms with Crippen molar-refractivity contribution in [3.63, 3.8) is 0 Å². The first kappa shape index (κ1) is 21.2. The van der Waals surface area contributed by atoms with Crippen LogP contribution in [-0.2, 0) is 11.0 Å². The van der Waals surface area contributed by atoms with Crippen molar-refractivity contribution in [2.75, 3.05) is 5.75 Å². The van der Waals surface area contributed by atoms with Crippen LogP contribution >= 0.6 is 35.3 Å². The van der Waals surface area contributed by atoms with Crippen molar-refractivity contribution in [2.45, 2.75) is 24.0 Å². The molecule has 4 nitrogen and oxygen atoms in total. The number of halogens is 3. The maximum atomic E-state index is 12.5. The van der Waals surface area contributed by atoms with Crippen LogP contribution < -0.4 is 4.52 Å². The van der Waals surface area contributed by atoms with Crippen molar-refractivity contribution in [2.24, 2.45) is 0 Å². The molecule has 1 unspecified atom stereocenters. The molecule has 0 radical (unpaired) electrons.